The molecule has 0 spiro atoms. The highest BCUT2D eigenvalue weighted by molar-refractivity contribution is 5.56. The molecule has 1 saturated carbocycles. The van der Waals surface area contributed by atoms with Gasteiger partial charge in [-0.2, -0.15) is 0 Å². The first-order chi connectivity index (χ1) is 14.2. The molecule has 2 N–H and O–H groups in total. The van der Waals surface area contributed by atoms with E-state index in [9.17, 15) is 17.6 Å². The second-order valence-corrected chi connectivity index (χ2v) is 7.56. The molecule has 0 bridgehead atoms. The SMILES string of the molecule is C=CN/C=c1/c(NCc2cccc(C(C)(F)F)c2F)ncn/c1=C(\C)C1(CF)CC1. The molecule has 0 amide bonds. The van der Waals surface area contributed by atoms with E-state index >= 15 is 0 Å². The number of halogens is 4. The molecule has 1 aromatic carbocycles. The lowest BCUT2D eigenvalue weighted by Gasteiger charge is -2.15. The summed E-state index contributed by atoms with van der Waals surface area (Å²) in [4.78, 5) is 8.55. The molecular formula is C22H24F4N4. The van der Waals surface area contributed by atoms with Crippen molar-refractivity contribution in [3.05, 3.63) is 64.8 Å². The first-order valence-electron chi connectivity index (χ1n) is 9.58. The largest absolute Gasteiger partial charge is 0.367 e. The Morgan fingerprint density at radius 1 is 1.30 bits per heavy atom. The Labute approximate surface area is 172 Å². The molecule has 160 valence electrons. The minimum absolute atomic E-state index is 0.0611. The van der Waals surface area contributed by atoms with Gasteiger partial charge in [0.2, 0.25) is 0 Å². The summed E-state index contributed by atoms with van der Waals surface area (Å²) in [6.07, 6.45) is 5.92. The maximum absolute atomic E-state index is 14.6. The van der Waals surface area contributed by atoms with E-state index in [0.717, 1.165) is 24.5 Å². The second-order valence-electron chi connectivity index (χ2n) is 7.56. The van der Waals surface area contributed by atoms with Crippen molar-refractivity contribution >= 4 is 17.6 Å². The Hall–Kier alpha value is -2.90. The maximum Gasteiger partial charge on any atom is 0.273 e. The molecule has 1 aromatic heterocycles. The summed E-state index contributed by atoms with van der Waals surface area (Å²) < 4.78 is 55.4. The van der Waals surface area contributed by atoms with Gasteiger partial charge < -0.3 is 10.6 Å². The van der Waals surface area contributed by atoms with Gasteiger partial charge in [0.1, 0.15) is 18.0 Å². The van der Waals surface area contributed by atoms with Gasteiger partial charge in [0.05, 0.1) is 22.8 Å². The van der Waals surface area contributed by atoms with Crippen molar-refractivity contribution < 1.29 is 17.6 Å². The van der Waals surface area contributed by atoms with E-state index in [4.69, 9.17) is 0 Å². The standard InChI is InChI=1S/C22H24F4N4/c1-4-27-11-16-19(14(2)22(12-23)8-9-22)29-13-30-20(16)28-10-15-6-5-7-17(18(15)24)21(3,25)26/h4-7,11,13,27H,1,8-10,12H2,2-3H3,(H,28,29,30)/b16-11+,19-14+. The van der Waals surface area contributed by atoms with E-state index in [2.05, 4.69) is 27.2 Å². The first-order valence-corrected chi connectivity index (χ1v) is 9.58. The lowest BCUT2D eigenvalue weighted by molar-refractivity contribution is 0.0136. The van der Waals surface area contributed by atoms with Gasteiger partial charge in [-0.05, 0) is 31.5 Å². The maximum atomic E-state index is 14.6. The summed E-state index contributed by atoms with van der Waals surface area (Å²) in [6.45, 7) is 5.57. The molecule has 0 aliphatic heterocycles. The topological polar surface area (TPSA) is 49.8 Å². The molecule has 0 unspecified atom stereocenters. The Bertz CT molecular complexity index is 1060. The number of nitrogens with zero attached hydrogens (tertiary/aromatic N) is 2. The summed E-state index contributed by atoms with van der Waals surface area (Å²) in [5, 5.41) is 7.00. The highest BCUT2D eigenvalue weighted by atomic mass is 19.3. The van der Waals surface area contributed by atoms with Crippen LogP contribution in [0.4, 0.5) is 23.4 Å². The van der Waals surface area contributed by atoms with Crippen molar-refractivity contribution in [2.75, 3.05) is 12.0 Å². The van der Waals surface area contributed by atoms with Crippen LogP contribution >= 0.6 is 0 Å². The number of benzene rings is 1. The number of hydrogen-bond acceptors (Lipinski definition) is 4. The fourth-order valence-electron chi connectivity index (χ4n) is 3.36. The zero-order chi connectivity index (χ0) is 21.9. The van der Waals surface area contributed by atoms with Crippen LogP contribution in [0.3, 0.4) is 0 Å². The van der Waals surface area contributed by atoms with Crippen LogP contribution in [0.5, 0.6) is 0 Å². The monoisotopic (exact) mass is 420 g/mol. The van der Waals surface area contributed by atoms with E-state index in [1.54, 1.807) is 6.20 Å². The molecule has 8 heteroatoms. The third-order valence-corrected chi connectivity index (χ3v) is 5.49. The molecule has 3 rings (SSSR count). The normalized spacial score (nSPS) is 16.8. The van der Waals surface area contributed by atoms with Crippen molar-refractivity contribution in [3.63, 3.8) is 0 Å². The van der Waals surface area contributed by atoms with E-state index < -0.39 is 29.4 Å². The zero-order valence-corrected chi connectivity index (χ0v) is 16.9. The fourth-order valence-corrected chi connectivity index (χ4v) is 3.36. The molecule has 0 atom stereocenters. The summed E-state index contributed by atoms with van der Waals surface area (Å²) >= 11 is 0. The number of hydrogen-bond donors (Lipinski definition) is 2. The number of rotatable bonds is 8. The van der Waals surface area contributed by atoms with E-state index in [-0.39, 0.29) is 12.1 Å². The summed E-state index contributed by atoms with van der Waals surface area (Å²) in [5.41, 5.74) is -0.269. The van der Waals surface area contributed by atoms with Crippen molar-refractivity contribution in [2.45, 2.75) is 39.2 Å². The highest BCUT2D eigenvalue weighted by Crippen LogP contribution is 2.52. The predicted molar refractivity (Wildman–Crippen MR) is 109 cm³/mol. The van der Waals surface area contributed by atoms with Gasteiger partial charge >= 0.3 is 0 Å². The Morgan fingerprint density at radius 3 is 2.63 bits per heavy atom. The van der Waals surface area contributed by atoms with E-state index in [0.29, 0.717) is 23.3 Å². The van der Waals surface area contributed by atoms with E-state index in [1.165, 1.54) is 24.7 Å². The lowest BCUT2D eigenvalue weighted by Crippen LogP contribution is -2.37. The smallest absolute Gasteiger partial charge is 0.273 e. The quantitative estimate of drug-likeness (QED) is 0.639. The summed E-state index contributed by atoms with van der Waals surface area (Å²) in [5.74, 6) is -3.87. The van der Waals surface area contributed by atoms with Crippen LogP contribution in [-0.2, 0) is 12.5 Å². The minimum atomic E-state index is -3.29. The molecule has 1 aliphatic carbocycles. The number of anilines is 1. The minimum Gasteiger partial charge on any atom is -0.367 e. The Morgan fingerprint density at radius 2 is 2.03 bits per heavy atom. The van der Waals surface area contributed by atoms with Crippen molar-refractivity contribution in [1.29, 1.82) is 0 Å². The molecule has 1 fully saturated rings. The summed E-state index contributed by atoms with van der Waals surface area (Å²) in [6, 6.07) is 3.89. The van der Waals surface area contributed by atoms with Gasteiger partial charge in [-0.15, -0.1) is 0 Å². The van der Waals surface area contributed by atoms with Gasteiger partial charge in [0.25, 0.3) is 5.92 Å². The molecule has 1 aliphatic rings. The zero-order valence-electron chi connectivity index (χ0n) is 16.9. The average Bonchev–Trinajstić information content (AvgIpc) is 3.51. The van der Waals surface area contributed by atoms with Gasteiger partial charge in [0.15, 0.2) is 0 Å². The molecule has 4 nitrogen and oxygen atoms in total. The first kappa shape index (κ1) is 21.8. The van der Waals surface area contributed by atoms with Gasteiger partial charge in [0, 0.05) is 30.6 Å². The van der Waals surface area contributed by atoms with E-state index in [1.807, 2.05) is 6.92 Å². The highest BCUT2D eigenvalue weighted by Gasteiger charge is 2.45. The van der Waals surface area contributed by atoms with Crippen molar-refractivity contribution in [3.8, 4) is 0 Å². The average molecular weight is 420 g/mol. The fraction of sp³-hybridized carbons (Fsp3) is 0.364. The molecule has 1 heterocycles. The third-order valence-electron chi connectivity index (χ3n) is 5.49. The van der Waals surface area contributed by atoms with Crippen molar-refractivity contribution in [2.24, 2.45) is 5.41 Å². The van der Waals surface area contributed by atoms with Crippen LogP contribution in [0.15, 0.2) is 37.3 Å². The van der Waals surface area contributed by atoms with Crippen LogP contribution in [0.2, 0.25) is 0 Å². The number of aromatic nitrogens is 2. The molecular weight excluding hydrogens is 396 g/mol. The van der Waals surface area contributed by atoms with Crippen LogP contribution in [0, 0.1) is 11.2 Å². The Kier molecular flexibility index (Phi) is 6.14. The predicted octanol–water partition coefficient (Wildman–Crippen LogP) is 3.73. The molecule has 0 radical (unpaired) electrons. The summed E-state index contributed by atoms with van der Waals surface area (Å²) in [7, 11) is 0. The van der Waals surface area contributed by atoms with Crippen LogP contribution < -0.4 is 21.2 Å². The van der Waals surface area contributed by atoms with Crippen LogP contribution in [0.25, 0.3) is 11.8 Å². The van der Waals surface area contributed by atoms with Crippen LogP contribution in [-0.4, -0.2) is 16.6 Å². The third kappa shape index (κ3) is 4.32. The Balaban J connectivity index is 2.02. The van der Waals surface area contributed by atoms with Gasteiger partial charge in [-0.25, -0.2) is 23.1 Å². The lowest BCUT2D eigenvalue weighted by atomic mass is 9.98. The van der Waals surface area contributed by atoms with Crippen LogP contribution in [0.1, 0.15) is 37.8 Å². The second kappa shape index (κ2) is 8.45. The number of alkyl halides is 3. The van der Waals surface area contributed by atoms with Crippen molar-refractivity contribution in [1.82, 2.24) is 15.3 Å². The van der Waals surface area contributed by atoms with Gasteiger partial charge in [-0.1, -0.05) is 24.8 Å². The number of nitrogens with one attached hydrogen (secondary N) is 2. The van der Waals surface area contributed by atoms with Gasteiger partial charge in [-0.3, -0.25) is 4.39 Å². The molecule has 2 aromatic rings. The molecule has 30 heavy (non-hydrogen) atoms. The molecule has 0 saturated heterocycles.